The zero-order valence-electron chi connectivity index (χ0n) is 12.7. The van der Waals surface area contributed by atoms with Gasteiger partial charge in [-0.1, -0.05) is 0 Å². The number of aromatic nitrogens is 2. The third-order valence-electron chi connectivity index (χ3n) is 3.05. The van der Waals surface area contributed by atoms with Crippen LogP contribution in [-0.4, -0.2) is 54.5 Å². The molecule has 2 rings (SSSR count). The number of carbonyl (C=O) groups excluding carboxylic acids is 1. The zero-order valence-corrected chi connectivity index (χ0v) is 14.3. The smallest absolute Gasteiger partial charge is 0.410 e. The van der Waals surface area contributed by atoms with Crippen LogP contribution in [-0.2, 0) is 20.3 Å². The SMILES string of the molecule is CN(C(=O)OC(C)(C)C)C1COc2c(S(=O)(=O)Cl)cnn2C1. The van der Waals surface area contributed by atoms with E-state index in [2.05, 4.69) is 5.10 Å². The first-order valence-electron chi connectivity index (χ1n) is 6.58. The molecule has 0 bridgehead atoms. The number of likely N-dealkylation sites (N-methyl/N-ethyl adjacent to an activating group) is 1. The van der Waals surface area contributed by atoms with E-state index < -0.39 is 20.7 Å². The lowest BCUT2D eigenvalue weighted by molar-refractivity contribution is 0.0101. The molecule has 1 atom stereocenters. The van der Waals surface area contributed by atoms with E-state index in [0.29, 0.717) is 0 Å². The molecule has 0 radical (unpaired) electrons. The second kappa shape index (κ2) is 5.62. The first kappa shape index (κ1) is 16.9. The summed E-state index contributed by atoms with van der Waals surface area (Å²) in [6.45, 7) is 5.75. The quantitative estimate of drug-likeness (QED) is 0.749. The Morgan fingerprint density at radius 2 is 2.18 bits per heavy atom. The van der Waals surface area contributed by atoms with Gasteiger partial charge in [0.1, 0.15) is 12.2 Å². The van der Waals surface area contributed by atoms with E-state index in [1.807, 2.05) is 0 Å². The van der Waals surface area contributed by atoms with Crippen LogP contribution in [0.1, 0.15) is 20.8 Å². The maximum Gasteiger partial charge on any atom is 0.410 e. The number of hydrogen-bond acceptors (Lipinski definition) is 6. The minimum atomic E-state index is -3.92. The first-order valence-corrected chi connectivity index (χ1v) is 8.89. The highest BCUT2D eigenvalue weighted by Gasteiger charge is 2.33. The van der Waals surface area contributed by atoms with Crippen molar-refractivity contribution < 1.29 is 22.7 Å². The van der Waals surface area contributed by atoms with Crippen molar-refractivity contribution >= 4 is 25.8 Å². The highest BCUT2D eigenvalue weighted by Crippen LogP contribution is 2.30. The molecule has 10 heteroatoms. The Labute approximate surface area is 133 Å². The highest BCUT2D eigenvalue weighted by molar-refractivity contribution is 8.13. The van der Waals surface area contributed by atoms with Crippen molar-refractivity contribution in [1.82, 2.24) is 14.7 Å². The van der Waals surface area contributed by atoms with E-state index in [1.54, 1.807) is 27.8 Å². The van der Waals surface area contributed by atoms with Crippen molar-refractivity contribution in [1.29, 1.82) is 0 Å². The van der Waals surface area contributed by atoms with Crippen molar-refractivity contribution in [2.24, 2.45) is 0 Å². The largest absolute Gasteiger partial charge is 0.475 e. The summed E-state index contributed by atoms with van der Waals surface area (Å²) in [6.07, 6.45) is 0.648. The molecule has 8 nitrogen and oxygen atoms in total. The van der Waals surface area contributed by atoms with Crippen LogP contribution in [0.15, 0.2) is 11.1 Å². The number of rotatable bonds is 2. The lowest BCUT2D eigenvalue weighted by atomic mass is 10.2. The highest BCUT2D eigenvalue weighted by atomic mass is 35.7. The molecule has 1 amide bonds. The molecule has 0 spiro atoms. The molecule has 22 heavy (non-hydrogen) atoms. The Balaban J connectivity index is 2.13. The normalized spacial score (nSPS) is 18.3. The summed E-state index contributed by atoms with van der Waals surface area (Å²) >= 11 is 0. The summed E-state index contributed by atoms with van der Waals surface area (Å²) < 4.78 is 34.9. The Hall–Kier alpha value is -1.48. The van der Waals surface area contributed by atoms with Gasteiger partial charge in [0, 0.05) is 17.7 Å². The summed E-state index contributed by atoms with van der Waals surface area (Å²) in [7, 11) is 2.99. The molecule has 0 N–H and O–H groups in total. The van der Waals surface area contributed by atoms with Crippen LogP contribution in [0.4, 0.5) is 4.79 Å². The summed E-state index contributed by atoms with van der Waals surface area (Å²) in [4.78, 5) is 13.3. The van der Waals surface area contributed by atoms with Gasteiger partial charge in [-0.25, -0.2) is 17.9 Å². The van der Waals surface area contributed by atoms with E-state index in [4.69, 9.17) is 20.2 Å². The van der Waals surface area contributed by atoms with Crippen LogP contribution in [0, 0.1) is 0 Å². The Morgan fingerprint density at radius 3 is 2.73 bits per heavy atom. The first-order chi connectivity index (χ1) is 9.99. The van der Waals surface area contributed by atoms with Gasteiger partial charge in [-0.15, -0.1) is 0 Å². The van der Waals surface area contributed by atoms with E-state index in [0.717, 1.165) is 6.20 Å². The lowest BCUT2D eigenvalue weighted by Crippen LogP contribution is -2.47. The minimum absolute atomic E-state index is 0.0869. The summed E-state index contributed by atoms with van der Waals surface area (Å²) in [6, 6.07) is -0.326. The third-order valence-corrected chi connectivity index (χ3v) is 4.35. The van der Waals surface area contributed by atoms with E-state index >= 15 is 0 Å². The van der Waals surface area contributed by atoms with Gasteiger partial charge in [0.15, 0.2) is 4.90 Å². The van der Waals surface area contributed by atoms with E-state index in [1.165, 1.54) is 9.58 Å². The van der Waals surface area contributed by atoms with Crippen LogP contribution < -0.4 is 4.74 Å². The average molecular weight is 352 g/mol. The summed E-state index contributed by atoms with van der Waals surface area (Å²) in [5.74, 6) is 0.0869. The molecule has 0 aromatic carbocycles. The Morgan fingerprint density at radius 1 is 1.55 bits per heavy atom. The molecule has 1 aromatic heterocycles. The van der Waals surface area contributed by atoms with Crippen LogP contribution in [0.25, 0.3) is 0 Å². The monoisotopic (exact) mass is 351 g/mol. The van der Waals surface area contributed by atoms with Gasteiger partial charge in [0.25, 0.3) is 9.05 Å². The van der Waals surface area contributed by atoms with Crippen LogP contribution in [0.2, 0.25) is 0 Å². The number of fused-ring (bicyclic) bond motifs is 1. The number of hydrogen-bond donors (Lipinski definition) is 0. The molecule has 0 fully saturated rings. The molecule has 0 aliphatic carbocycles. The lowest BCUT2D eigenvalue weighted by Gasteiger charge is -2.33. The molecule has 1 aromatic rings. The maximum atomic E-state index is 12.0. The topological polar surface area (TPSA) is 90.7 Å². The van der Waals surface area contributed by atoms with Gasteiger partial charge in [0.05, 0.1) is 18.8 Å². The molecule has 0 saturated heterocycles. The van der Waals surface area contributed by atoms with Gasteiger partial charge >= 0.3 is 6.09 Å². The standard InChI is InChI=1S/C12H18ClN3O5S/c1-12(2,3)21-11(17)15(4)8-6-16-10(20-7-8)9(5-14-16)22(13,18)19/h5,8H,6-7H2,1-4H3. The Bertz CT molecular complexity index is 679. The summed E-state index contributed by atoms with van der Waals surface area (Å²) in [5.41, 5.74) is -0.600. The van der Waals surface area contributed by atoms with Gasteiger partial charge in [-0.05, 0) is 20.8 Å². The third kappa shape index (κ3) is 3.64. The molecule has 0 saturated carbocycles. The van der Waals surface area contributed by atoms with Gasteiger partial charge in [0.2, 0.25) is 5.88 Å². The number of amides is 1. The molecule has 1 aliphatic heterocycles. The van der Waals surface area contributed by atoms with Crippen molar-refractivity contribution in [2.75, 3.05) is 13.7 Å². The fourth-order valence-corrected chi connectivity index (χ4v) is 2.81. The molecule has 1 aliphatic rings. The van der Waals surface area contributed by atoms with Crippen molar-refractivity contribution in [3.8, 4) is 5.88 Å². The molecule has 1 unspecified atom stereocenters. The number of ether oxygens (including phenoxy) is 2. The van der Waals surface area contributed by atoms with Crippen molar-refractivity contribution in [2.45, 2.75) is 43.9 Å². The second-order valence-electron chi connectivity index (χ2n) is 5.99. The minimum Gasteiger partial charge on any atom is -0.475 e. The van der Waals surface area contributed by atoms with Crippen molar-refractivity contribution in [3.05, 3.63) is 6.20 Å². The summed E-state index contributed by atoms with van der Waals surface area (Å²) in [5, 5.41) is 3.94. The molecular weight excluding hydrogens is 334 g/mol. The predicted octanol–water partition coefficient (Wildman–Crippen LogP) is 1.44. The van der Waals surface area contributed by atoms with Gasteiger partial charge < -0.3 is 14.4 Å². The second-order valence-corrected chi connectivity index (χ2v) is 8.52. The predicted molar refractivity (Wildman–Crippen MR) is 78.5 cm³/mol. The van der Waals surface area contributed by atoms with E-state index in [-0.39, 0.29) is 30.0 Å². The van der Waals surface area contributed by atoms with Crippen LogP contribution in [0.3, 0.4) is 0 Å². The Kier molecular flexibility index (Phi) is 4.31. The molecule has 2 heterocycles. The van der Waals surface area contributed by atoms with E-state index in [9.17, 15) is 13.2 Å². The van der Waals surface area contributed by atoms with Gasteiger partial charge in [-0.3, -0.25) is 0 Å². The number of carbonyl (C=O) groups is 1. The molecule has 124 valence electrons. The van der Waals surface area contributed by atoms with Crippen molar-refractivity contribution in [3.63, 3.8) is 0 Å². The maximum absolute atomic E-state index is 12.0. The van der Waals surface area contributed by atoms with Gasteiger partial charge in [-0.2, -0.15) is 5.10 Å². The number of nitrogens with zero attached hydrogens (tertiary/aromatic N) is 3. The van der Waals surface area contributed by atoms with Crippen LogP contribution >= 0.6 is 10.7 Å². The zero-order chi connectivity index (χ0) is 16.7. The molecular formula is C12H18ClN3O5S. The number of halogens is 1. The fourth-order valence-electron chi connectivity index (χ4n) is 1.94. The average Bonchev–Trinajstić information content (AvgIpc) is 2.78. The van der Waals surface area contributed by atoms with Crippen LogP contribution in [0.5, 0.6) is 5.88 Å². The fraction of sp³-hybridized carbons (Fsp3) is 0.667.